The topological polar surface area (TPSA) is 53.4 Å². The Morgan fingerprint density at radius 2 is 2.35 bits per heavy atom. The van der Waals surface area contributed by atoms with E-state index in [0.717, 1.165) is 31.1 Å². The zero-order valence-corrected chi connectivity index (χ0v) is 11.8. The lowest BCUT2D eigenvalue weighted by molar-refractivity contribution is -0.135. The van der Waals surface area contributed by atoms with E-state index >= 15 is 0 Å². The molecule has 1 amide bonds. The van der Waals surface area contributed by atoms with Crippen LogP contribution < -0.4 is 0 Å². The standard InChI is InChI=1S/C15H21FN2O2/c1-15(11-19)5-2-6-18(10-15)14(20)4-3-12-7-13(16)9-17-8-12/h7-9,19H,2-6,10-11H2,1H3. The Morgan fingerprint density at radius 3 is 3.05 bits per heavy atom. The van der Waals surface area contributed by atoms with Gasteiger partial charge in [-0.1, -0.05) is 6.92 Å². The third-order valence-corrected chi connectivity index (χ3v) is 3.90. The van der Waals surface area contributed by atoms with Gasteiger partial charge in [0, 0.05) is 31.1 Å². The number of aliphatic hydroxyl groups is 1. The molecule has 0 spiro atoms. The average Bonchev–Trinajstić information content (AvgIpc) is 2.45. The molecule has 1 aliphatic rings. The van der Waals surface area contributed by atoms with Gasteiger partial charge in [-0.2, -0.15) is 0 Å². The Morgan fingerprint density at radius 1 is 1.55 bits per heavy atom. The SMILES string of the molecule is CC1(CO)CCCN(C(=O)CCc2cncc(F)c2)C1. The van der Waals surface area contributed by atoms with Crippen LogP contribution in [0.1, 0.15) is 31.7 Å². The van der Waals surface area contributed by atoms with Crippen LogP contribution in [0.5, 0.6) is 0 Å². The maximum Gasteiger partial charge on any atom is 0.222 e. The molecule has 0 aliphatic carbocycles. The van der Waals surface area contributed by atoms with Crippen LogP contribution in [-0.2, 0) is 11.2 Å². The number of carbonyl (C=O) groups excluding carboxylic acids is 1. The van der Waals surface area contributed by atoms with Crippen LogP contribution in [-0.4, -0.2) is 40.6 Å². The van der Waals surface area contributed by atoms with E-state index in [0.29, 0.717) is 19.4 Å². The van der Waals surface area contributed by atoms with Crippen LogP contribution in [0.2, 0.25) is 0 Å². The smallest absolute Gasteiger partial charge is 0.222 e. The molecule has 0 aromatic carbocycles. The van der Waals surface area contributed by atoms with Crippen LogP contribution >= 0.6 is 0 Å². The van der Waals surface area contributed by atoms with E-state index in [1.165, 1.54) is 6.07 Å². The number of halogens is 1. The molecule has 20 heavy (non-hydrogen) atoms. The molecule has 0 bridgehead atoms. The number of amides is 1. The number of aliphatic hydroxyl groups excluding tert-OH is 1. The molecule has 5 heteroatoms. The summed E-state index contributed by atoms with van der Waals surface area (Å²) < 4.78 is 13.0. The normalized spacial score (nSPS) is 22.9. The molecule has 1 saturated heterocycles. The number of pyridine rings is 1. The Kier molecular flexibility index (Phi) is 4.70. The van der Waals surface area contributed by atoms with E-state index in [-0.39, 0.29) is 23.7 Å². The van der Waals surface area contributed by atoms with Crippen LogP contribution in [0.3, 0.4) is 0 Å². The fraction of sp³-hybridized carbons (Fsp3) is 0.600. The van der Waals surface area contributed by atoms with Gasteiger partial charge in [-0.25, -0.2) is 4.39 Å². The second kappa shape index (κ2) is 6.31. The van der Waals surface area contributed by atoms with Crippen LogP contribution in [0, 0.1) is 11.2 Å². The van der Waals surface area contributed by atoms with E-state index in [2.05, 4.69) is 4.98 Å². The van der Waals surface area contributed by atoms with Gasteiger partial charge in [0.1, 0.15) is 5.82 Å². The summed E-state index contributed by atoms with van der Waals surface area (Å²) >= 11 is 0. The first-order chi connectivity index (χ1) is 9.52. The second-order valence-electron chi connectivity index (χ2n) is 5.90. The van der Waals surface area contributed by atoms with Crippen molar-refractivity contribution < 1.29 is 14.3 Å². The zero-order valence-electron chi connectivity index (χ0n) is 11.8. The highest BCUT2D eigenvalue weighted by Gasteiger charge is 2.32. The summed E-state index contributed by atoms with van der Waals surface area (Å²) in [7, 11) is 0. The van der Waals surface area contributed by atoms with E-state index in [4.69, 9.17) is 0 Å². The third kappa shape index (κ3) is 3.76. The molecule has 1 aromatic heterocycles. The molecule has 1 N–H and O–H groups in total. The number of piperidine rings is 1. The van der Waals surface area contributed by atoms with Gasteiger partial charge in [0.25, 0.3) is 0 Å². The monoisotopic (exact) mass is 280 g/mol. The summed E-state index contributed by atoms with van der Waals surface area (Å²) in [5, 5.41) is 9.40. The maximum absolute atomic E-state index is 13.0. The van der Waals surface area contributed by atoms with Crippen molar-refractivity contribution in [3.8, 4) is 0 Å². The molecule has 1 unspecified atom stereocenters. The molecule has 1 aliphatic heterocycles. The molecular weight excluding hydrogens is 259 g/mol. The number of carbonyl (C=O) groups is 1. The maximum atomic E-state index is 13.0. The highest BCUT2D eigenvalue weighted by atomic mass is 19.1. The van der Waals surface area contributed by atoms with Crippen molar-refractivity contribution >= 4 is 5.91 Å². The van der Waals surface area contributed by atoms with Gasteiger partial charge in [-0.05, 0) is 30.9 Å². The van der Waals surface area contributed by atoms with Crippen molar-refractivity contribution in [1.82, 2.24) is 9.88 Å². The number of nitrogens with zero attached hydrogens (tertiary/aromatic N) is 2. The van der Waals surface area contributed by atoms with Crippen molar-refractivity contribution in [2.75, 3.05) is 19.7 Å². The quantitative estimate of drug-likeness (QED) is 0.914. The fourth-order valence-electron chi connectivity index (χ4n) is 2.66. The summed E-state index contributed by atoms with van der Waals surface area (Å²) in [6.45, 7) is 3.45. The molecular formula is C15H21FN2O2. The van der Waals surface area contributed by atoms with Gasteiger partial charge < -0.3 is 10.0 Å². The second-order valence-corrected chi connectivity index (χ2v) is 5.90. The van der Waals surface area contributed by atoms with E-state index in [1.807, 2.05) is 11.8 Å². The van der Waals surface area contributed by atoms with Crippen LogP contribution in [0.15, 0.2) is 18.5 Å². The van der Waals surface area contributed by atoms with E-state index < -0.39 is 0 Å². The van der Waals surface area contributed by atoms with Gasteiger partial charge in [-0.15, -0.1) is 0 Å². The zero-order chi connectivity index (χ0) is 14.6. The van der Waals surface area contributed by atoms with Gasteiger partial charge in [0.15, 0.2) is 0 Å². The third-order valence-electron chi connectivity index (χ3n) is 3.90. The summed E-state index contributed by atoms with van der Waals surface area (Å²) in [6, 6.07) is 1.41. The molecule has 2 heterocycles. The van der Waals surface area contributed by atoms with Crippen molar-refractivity contribution in [3.63, 3.8) is 0 Å². The summed E-state index contributed by atoms with van der Waals surface area (Å²) in [4.78, 5) is 17.8. The molecule has 1 atom stereocenters. The number of hydrogen-bond donors (Lipinski definition) is 1. The summed E-state index contributed by atoms with van der Waals surface area (Å²) in [6.07, 6.45) is 5.46. The van der Waals surface area contributed by atoms with Crippen molar-refractivity contribution in [3.05, 3.63) is 29.8 Å². The van der Waals surface area contributed by atoms with Gasteiger partial charge in [0.05, 0.1) is 12.8 Å². The molecule has 1 fully saturated rings. The molecule has 0 saturated carbocycles. The predicted octanol–water partition coefficient (Wildman–Crippen LogP) is 1.77. The van der Waals surface area contributed by atoms with Crippen molar-refractivity contribution in [1.29, 1.82) is 0 Å². The molecule has 0 radical (unpaired) electrons. The lowest BCUT2D eigenvalue weighted by atomic mass is 9.82. The van der Waals surface area contributed by atoms with Gasteiger partial charge in [-0.3, -0.25) is 9.78 Å². The Labute approximate surface area is 118 Å². The lowest BCUT2D eigenvalue weighted by Gasteiger charge is -2.39. The van der Waals surface area contributed by atoms with Crippen molar-refractivity contribution in [2.24, 2.45) is 5.41 Å². The minimum absolute atomic E-state index is 0.0636. The molecule has 1 aromatic rings. The molecule has 110 valence electrons. The number of rotatable bonds is 4. The average molecular weight is 280 g/mol. The minimum Gasteiger partial charge on any atom is -0.396 e. The van der Waals surface area contributed by atoms with Gasteiger partial charge >= 0.3 is 0 Å². The number of likely N-dealkylation sites (tertiary alicyclic amines) is 1. The first-order valence-corrected chi connectivity index (χ1v) is 7.00. The highest BCUT2D eigenvalue weighted by molar-refractivity contribution is 5.76. The minimum atomic E-state index is -0.374. The summed E-state index contributed by atoms with van der Waals surface area (Å²) in [5.41, 5.74) is 0.550. The highest BCUT2D eigenvalue weighted by Crippen LogP contribution is 2.29. The Hall–Kier alpha value is -1.49. The predicted molar refractivity (Wildman–Crippen MR) is 73.5 cm³/mol. The van der Waals surface area contributed by atoms with Crippen LogP contribution in [0.4, 0.5) is 4.39 Å². The van der Waals surface area contributed by atoms with Crippen molar-refractivity contribution in [2.45, 2.75) is 32.6 Å². The first-order valence-electron chi connectivity index (χ1n) is 7.00. The molecule has 4 nitrogen and oxygen atoms in total. The number of aryl methyl sites for hydroxylation is 1. The first kappa shape index (κ1) is 14.9. The lowest BCUT2D eigenvalue weighted by Crippen LogP contribution is -2.46. The van der Waals surface area contributed by atoms with Gasteiger partial charge in [0.2, 0.25) is 5.91 Å². The number of hydrogen-bond acceptors (Lipinski definition) is 3. The number of aromatic nitrogens is 1. The van der Waals surface area contributed by atoms with Crippen LogP contribution in [0.25, 0.3) is 0 Å². The van der Waals surface area contributed by atoms with E-state index in [1.54, 1.807) is 6.20 Å². The Bertz CT molecular complexity index is 481. The molecule has 2 rings (SSSR count). The Balaban J connectivity index is 1.88. The summed E-state index contributed by atoms with van der Waals surface area (Å²) in [5.74, 6) is -0.311. The van der Waals surface area contributed by atoms with E-state index in [9.17, 15) is 14.3 Å². The largest absolute Gasteiger partial charge is 0.396 e. The fourth-order valence-corrected chi connectivity index (χ4v) is 2.66.